The van der Waals surface area contributed by atoms with Gasteiger partial charge in [0.1, 0.15) is 17.7 Å². The zero-order valence-electron chi connectivity index (χ0n) is 14.5. The number of hydrogen-bond acceptors (Lipinski definition) is 4. The van der Waals surface area contributed by atoms with Gasteiger partial charge in [-0.2, -0.15) is 0 Å². The van der Waals surface area contributed by atoms with Crippen LogP contribution in [0.5, 0.6) is 0 Å². The number of pyridine rings is 1. The van der Waals surface area contributed by atoms with Crippen LogP contribution in [0.4, 0.5) is 0 Å². The van der Waals surface area contributed by atoms with E-state index in [-0.39, 0.29) is 18.0 Å². The van der Waals surface area contributed by atoms with Gasteiger partial charge in [0.15, 0.2) is 0 Å². The normalized spacial score (nSPS) is 16.0. The molecule has 24 heavy (non-hydrogen) atoms. The fourth-order valence-electron chi connectivity index (χ4n) is 3.10. The van der Waals surface area contributed by atoms with E-state index in [1.165, 1.54) is 17.1 Å². The van der Waals surface area contributed by atoms with Gasteiger partial charge < -0.3 is 14.4 Å². The molecule has 0 aromatic carbocycles. The van der Waals surface area contributed by atoms with Crippen LogP contribution in [0.3, 0.4) is 0 Å². The van der Waals surface area contributed by atoms with Gasteiger partial charge in [-0.15, -0.1) is 0 Å². The maximum absolute atomic E-state index is 12.3. The number of esters is 1. The fraction of sp³-hybridized carbons (Fsp3) is 0.611. The Labute approximate surface area is 141 Å². The summed E-state index contributed by atoms with van der Waals surface area (Å²) < 4.78 is 6.40. The SMILES string of the molecule is CC(C)(C)OC(=O)Cn1cc(C2CCCCC2)cc(C(=O)O)c1=O. The van der Waals surface area contributed by atoms with Gasteiger partial charge >= 0.3 is 11.9 Å². The predicted octanol–water partition coefficient (Wildman–Crippen LogP) is 2.94. The van der Waals surface area contributed by atoms with Crippen molar-refractivity contribution in [1.29, 1.82) is 0 Å². The first-order valence-corrected chi connectivity index (χ1v) is 8.37. The molecule has 1 aromatic rings. The second kappa shape index (κ2) is 7.20. The molecule has 0 amide bonds. The largest absolute Gasteiger partial charge is 0.477 e. The highest BCUT2D eigenvalue weighted by Gasteiger charge is 2.22. The highest BCUT2D eigenvalue weighted by atomic mass is 16.6. The molecule has 0 spiro atoms. The molecule has 0 saturated heterocycles. The Bertz CT molecular complexity index is 678. The van der Waals surface area contributed by atoms with Crippen molar-refractivity contribution in [2.45, 2.75) is 70.9 Å². The molecule has 0 aliphatic heterocycles. The lowest BCUT2D eigenvalue weighted by Gasteiger charge is -2.23. The van der Waals surface area contributed by atoms with E-state index in [1.807, 2.05) is 0 Å². The number of aromatic nitrogens is 1. The number of carbonyl (C=O) groups excluding carboxylic acids is 1. The molecule has 0 radical (unpaired) electrons. The number of hydrogen-bond donors (Lipinski definition) is 1. The number of carbonyl (C=O) groups is 2. The molecule has 1 N–H and O–H groups in total. The summed E-state index contributed by atoms with van der Waals surface area (Å²) in [6.45, 7) is 4.95. The van der Waals surface area contributed by atoms with Crippen LogP contribution in [0.25, 0.3) is 0 Å². The van der Waals surface area contributed by atoms with Gasteiger partial charge in [-0.05, 0) is 51.2 Å². The quantitative estimate of drug-likeness (QED) is 0.855. The number of ether oxygens (including phenoxy) is 1. The summed E-state index contributed by atoms with van der Waals surface area (Å²) in [5.41, 5.74) is -0.804. The van der Waals surface area contributed by atoms with Crippen LogP contribution < -0.4 is 5.56 Å². The number of carboxylic acids is 1. The highest BCUT2D eigenvalue weighted by molar-refractivity contribution is 5.87. The lowest BCUT2D eigenvalue weighted by molar-refractivity contribution is -0.155. The summed E-state index contributed by atoms with van der Waals surface area (Å²) in [7, 11) is 0. The predicted molar refractivity (Wildman–Crippen MR) is 89.3 cm³/mol. The zero-order valence-corrected chi connectivity index (χ0v) is 14.5. The van der Waals surface area contributed by atoms with Crippen molar-refractivity contribution < 1.29 is 19.4 Å². The van der Waals surface area contributed by atoms with Gasteiger partial charge in [-0.3, -0.25) is 9.59 Å². The molecular formula is C18H25NO5. The van der Waals surface area contributed by atoms with E-state index < -0.39 is 23.1 Å². The van der Waals surface area contributed by atoms with Crippen molar-refractivity contribution in [2.24, 2.45) is 0 Å². The average Bonchev–Trinajstić information content (AvgIpc) is 2.48. The highest BCUT2D eigenvalue weighted by Crippen LogP contribution is 2.32. The van der Waals surface area contributed by atoms with E-state index in [0.29, 0.717) is 0 Å². The van der Waals surface area contributed by atoms with Crippen molar-refractivity contribution in [1.82, 2.24) is 4.57 Å². The number of aromatic carboxylic acids is 1. The van der Waals surface area contributed by atoms with E-state index in [2.05, 4.69) is 0 Å². The Morgan fingerprint density at radius 2 is 1.88 bits per heavy atom. The first-order valence-electron chi connectivity index (χ1n) is 8.37. The topological polar surface area (TPSA) is 85.6 Å². The molecule has 0 atom stereocenters. The summed E-state index contributed by atoms with van der Waals surface area (Å²) in [4.78, 5) is 35.7. The Morgan fingerprint density at radius 1 is 1.25 bits per heavy atom. The van der Waals surface area contributed by atoms with E-state index in [9.17, 15) is 19.5 Å². The second-order valence-corrected chi connectivity index (χ2v) is 7.35. The molecule has 6 nitrogen and oxygen atoms in total. The Kier molecular flexibility index (Phi) is 5.47. The molecule has 132 valence electrons. The van der Waals surface area contributed by atoms with Crippen molar-refractivity contribution in [3.8, 4) is 0 Å². The Hall–Kier alpha value is -2.11. The van der Waals surface area contributed by atoms with Crippen molar-refractivity contribution in [3.05, 3.63) is 33.7 Å². The summed E-state index contributed by atoms with van der Waals surface area (Å²) in [6, 6.07) is 1.46. The standard InChI is InChI=1S/C18H25NO5/c1-18(2,3)24-15(20)11-19-10-13(12-7-5-4-6-8-12)9-14(16(19)21)17(22)23/h9-10,12H,4-8,11H2,1-3H3,(H,22,23). The minimum Gasteiger partial charge on any atom is -0.477 e. The first-order chi connectivity index (χ1) is 11.2. The second-order valence-electron chi connectivity index (χ2n) is 7.35. The molecule has 1 aliphatic carbocycles. The van der Waals surface area contributed by atoms with E-state index in [0.717, 1.165) is 31.2 Å². The molecule has 1 saturated carbocycles. The van der Waals surface area contributed by atoms with Gasteiger partial charge in [-0.25, -0.2) is 4.79 Å². The van der Waals surface area contributed by atoms with Crippen LogP contribution in [-0.4, -0.2) is 27.2 Å². The number of carboxylic acid groups (broad SMARTS) is 1. The Morgan fingerprint density at radius 3 is 2.42 bits per heavy atom. The maximum atomic E-state index is 12.3. The van der Waals surface area contributed by atoms with Crippen molar-refractivity contribution >= 4 is 11.9 Å². The molecule has 0 bridgehead atoms. The monoisotopic (exact) mass is 335 g/mol. The molecule has 2 rings (SSSR count). The third-order valence-electron chi connectivity index (χ3n) is 4.13. The number of rotatable bonds is 4. The summed E-state index contributed by atoms with van der Waals surface area (Å²) >= 11 is 0. The van der Waals surface area contributed by atoms with Crippen LogP contribution in [0.2, 0.25) is 0 Å². The molecule has 0 unspecified atom stereocenters. The molecule has 6 heteroatoms. The molecular weight excluding hydrogens is 310 g/mol. The van der Waals surface area contributed by atoms with Crippen LogP contribution in [0.1, 0.15) is 74.7 Å². The minimum absolute atomic E-state index is 0.238. The molecule has 1 aliphatic rings. The van der Waals surface area contributed by atoms with Crippen LogP contribution in [0, 0.1) is 0 Å². The molecule has 1 heterocycles. The molecule has 1 fully saturated rings. The third kappa shape index (κ3) is 4.69. The summed E-state index contributed by atoms with van der Waals surface area (Å²) in [6.07, 6.45) is 6.94. The smallest absolute Gasteiger partial charge is 0.341 e. The van der Waals surface area contributed by atoms with E-state index in [1.54, 1.807) is 27.0 Å². The number of nitrogens with zero attached hydrogens (tertiary/aromatic N) is 1. The van der Waals surface area contributed by atoms with Crippen LogP contribution in [0.15, 0.2) is 17.1 Å². The summed E-state index contributed by atoms with van der Waals surface area (Å²) in [5.74, 6) is -1.58. The van der Waals surface area contributed by atoms with E-state index >= 15 is 0 Å². The first kappa shape index (κ1) is 18.2. The van der Waals surface area contributed by atoms with Gasteiger partial charge in [0, 0.05) is 6.20 Å². The fourth-order valence-corrected chi connectivity index (χ4v) is 3.10. The van der Waals surface area contributed by atoms with Crippen LogP contribution >= 0.6 is 0 Å². The van der Waals surface area contributed by atoms with Gasteiger partial charge in [0.2, 0.25) is 0 Å². The lowest BCUT2D eigenvalue weighted by Crippen LogP contribution is -2.33. The zero-order chi connectivity index (χ0) is 17.9. The van der Waals surface area contributed by atoms with Crippen molar-refractivity contribution in [2.75, 3.05) is 0 Å². The maximum Gasteiger partial charge on any atom is 0.341 e. The van der Waals surface area contributed by atoms with Gasteiger partial charge in [0.25, 0.3) is 5.56 Å². The van der Waals surface area contributed by atoms with Crippen molar-refractivity contribution in [3.63, 3.8) is 0 Å². The lowest BCUT2D eigenvalue weighted by atomic mass is 9.84. The van der Waals surface area contributed by atoms with Crippen LogP contribution in [-0.2, 0) is 16.1 Å². The van der Waals surface area contributed by atoms with Gasteiger partial charge in [-0.1, -0.05) is 19.3 Å². The summed E-state index contributed by atoms with van der Waals surface area (Å²) in [5, 5.41) is 9.30. The minimum atomic E-state index is -1.27. The molecule has 1 aromatic heterocycles. The Balaban J connectivity index is 2.34. The third-order valence-corrected chi connectivity index (χ3v) is 4.13. The average molecular weight is 335 g/mol. The van der Waals surface area contributed by atoms with E-state index in [4.69, 9.17) is 4.74 Å². The van der Waals surface area contributed by atoms with Gasteiger partial charge in [0.05, 0.1) is 0 Å².